The molecule has 0 radical (unpaired) electrons. The van der Waals surface area contributed by atoms with Crippen molar-refractivity contribution in [3.63, 3.8) is 0 Å². The van der Waals surface area contributed by atoms with Gasteiger partial charge in [-0.15, -0.1) is 0 Å². The monoisotopic (exact) mass is 396 g/mol. The van der Waals surface area contributed by atoms with Crippen LogP contribution in [0.5, 0.6) is 0 Å². The number of para-hydroxylation sites is 1. The minimum Gasteiger partial charge on any atom is -0.361 e. The van der Waals surface area contributed by atoms with E-state index in [1.807, 2.05) is 35.2 Å². The van der Waals surface area contributed by atoms with Gasteiger partial charge in [-0.2, -0.15) is 0 Å². The molecule has 2 saturated heterocycles. The summed E-state index contributed by atoms with van der Waals surface area (Å²) in [6, 6.07) is 15.9. The lowest BCUT2D eigenvalue weighted by Crippen LogP contribution is -2.62. The van der Waals surface area contributed by atoms with E-state index in [1.165, 1.54) is 12.1 Å². The molecule has 0 bridgehead atoms. The van der Waals surface area contributed by atoms with Crippen LogP contribution in [0.2, 0.25) is 0 Å². The van der Waals surface area contributed by atoms with E-state index in [4.69, 9.17) is 4.74 Å². The maximum absolute atomic E-state index is 13.0. The summed E-state index contributed by atoms with van der Waals surface area (Å²) in [5, 5.41) is 0. The minimum absolute atomic E-state index is 0.0342. The molecule has 0 aromatic heterocycles. The Morgan fingerprint density at radius 2 is 1.83 bits per heavy atom. The lowest BCUT2D eigenvalue weighted by atomic mass is 9.90. The largest absolute Gasteiger partial charge is 0.361 e. The molecular weight excluding hydrogens is 371 g/mol. The maximum atomic E-state index is 13.0. The van der Waals surface area contributed by atoms with Crippen LogP contribution in [0.25, 0.3) is 0 Å². The number of rotatable bonds is 4. The van der Waals surface area contributed by atoms with Crippen molar-refractivity contribution in [3.8, 4) is 0 Å². The topological polar surface area (TPSA) is 49.9 Å². The summed E-state index contributed by atoms with van der Waals surface area (Å²) in [6.07, 6.45) is 2.63. The van der Waals surface area contributed by atoms with Crippen LogP contribution in [0.15, 0.2) is 54.6 Å². The van der Waals surface area contributed by atoms with E-state index in [0.717, 1.165) is 24.1 Å². The maximum Gasteiger partial charge on any atom is 0.253 e. The lowest BCUT2D eigenvalue weighted by molar-refractivity contribution is -0.153. The Bertz CT molecular complexity index is 871. The van der Waals surface area contributed by atoms with Crippen LogP contribution in [0.1, 0.15) is 24.8 Å². The van der Waals surface area contributed by atoms with Gasteiger partial charge in [0.2, 0.25) is 5.91 Å². The number of benzene rings is 2. The summed E-state index contributed by atoms with van der Waals surface area (Å²) >= 11 is 0. The fourth-order valence-electron chi connectivity index (χ4n) is 4.18. The Labute approximate surface area is 170 Å². The Balaban J connectivity index is 1.41. The molecule has 2 amide bonds. The van der Waals surface area contributed by atoms with Crippen molar-refractivity contribution in [3.05, 3.63) is 66.0 Å². The van der Waals surface area contributed by atoms with Crippen LogP contribution in [0, 0.1) is 5.82 Å². The smallest absolute Gasteiger partial charge is 0.253 e. The van der Waals surface area contributed by atoms with Crippen molar-refractivity contribution < 1.29 is 18.7 Å². The zero-order valence-corrected chi connectivity index (χ0v) is 16.4. The van der Waals surface area contributed by atoms with Crippen LogP contribution in [-0.2, 0) is 20.7 Å². The number of anilines is 1. The Kier molecular flexibility index (Phi) is 5.62. The Morgan fingerprint density at radius 1 is 1.07 bits per heavy atom. The van der Waals surface area contributed by atoms with Gasteiger partial charge in [-0.05, 0) is 49.1 Å². The molecule has 29 heavy (non-hydrogen) atoms. The fraction of sp³-hybridized carbons (Fsp3) is 0.391. The normalized spacial score (nSPS) is 22.2. The number of ether oxygens (including phenoxy) is 1. The van der Waals surface area contributed by atoms with E-state index in [-0.39, 0.29) is 24.2 Å². The number of aryl methyl sites for hydroxylation is 1. The number of piperidine rings is 1. The molecule has 2 heterocycles. The minimum atomic E-state index is -0.520. The summed E-state index contributed by atoms with van der Waals surface area (Å²) in [7, 11) is 0. The molecule has 152 valence electrons. The highest BCUT2D eigenvalue weighted by molar-refractivity contribution is 5.95. The van der Waals surface area contributed by atoms with Gasteiger partial charge in [0.15, 0.2) is 0 Å². The third-order valence-corrected chi connectivity index (χ3v) is 5.75. The van der Waals surface area contributed by atoms with E-state index < -0.39 is 5.60 Å². The fourth-order valence-corrected chi connectivity index (χ4v) is 4.18. The molecule has 2 aliphatic heterocycles. The number of amides is 2. The molecule has 0 saturated carbocycles. The second-order valence-electron chi connectivity index (χ2n) is 7.83. The number of hydrogen-bond acceptors (Lipinski definition) is 3. The molecule has 1 unspecified atom stereocenters. The lowest BCUT2D eigenvalue weighted by Gasteiger charge is -2.47. The number of hydrogen-bond donors (Lipinski definition) is 0. The van der Waals surface area contributed by atoms with Crippen molar-refractivity contribution in [2.75, 3.05) is 31.1 Å². The zero-order valence-electron chi connectivity index (χ0n) is 16.4. The molecule has 0 aliphatic carbocycles. The van der Waals surface area contributed by atoms with Crippen LogP contribution in [0.3, 0.4) is 0 Å². The second-order valence-corrected chi connectivity index (χ2v) is 7.83. The van der Waals surface area contributed by atoms with Crippen molar-refractivity contribution in [1.82, 2.24) is 4.90 Å². The molecule has 4 rings (SSSR count). The highest BCUT2D eigenvalue weighted by atomic mass is 19.1. The summed E-state index contributed by atoms with van der Waals surface area (Å²) < 4.78 is 19.0. The first kappa shape index (κ1) is 19.6. The number of likely N-dealkylation sites (tertiary alicyclic amines) is 1. The van der Waals surface area contributed by atoms with E-state index in [1.54, 1.807) is 17.0 Å². The first-order chi connectivity index (χ1) is 14.0. The standard InChI is InChI=1S/C23H25FN2O3/c24-19-10-7-18(8-11-19)9-12-21(27)25-14-4-13-23(16-25)17-26(22(28)15-29-23)20-5-2-1-3-6-20/h1-3,5-8,10-11H,4,9,12-17H2. The van der Waals surface area contributed by atoms with E-state index >= 15 is 0 Å². The predicted octanol–water partition coefficient (Wildman–Crippen LogP) is 3.18. The summed E-state index contributed by atoms with van der Waals surface area (Å²) in [6.45, 7) is 1.68. The van der Waals surface area contributed by atoms with E-state index in [2.05, 4.69) is 0 Å². The first-order valence-corrected chi connectivity index (χ1v) is 10.1. The van der Waals surface area contributed by atoms with E-state index in [9.17, 15) is 14.0 Å². The van der Waals surface area contributed by atoms with Gasteiger partial charge in [-0.3, -0.25) is 9.59 Å². The zero-order chi connectivity index (χ0) is 20.3. The van der Waals surface area contributed by atoms with Gasteiger partial charge in [0.1, 0.15) is 18.0 Å². The highest BCUT2D eigenvalue weighted by Gasteiger charge is 2.44. The van der Waals surface area contributed by atoms with Crippen molar-refractivity contribution >= 4 is 17.5 Å². The average Bonchev–Trinajstić information content (AvgIpc) is 2.76. The Hall–Kier alpha value is -2.73. The van der Waals surface area contributed by atoms with Crippen LogP contribution >= 0.6 is 0 Å². The van der Waals surface area contributed by atoms with E-state index in [0.29, 0.717) is 32.5 Å². The molecule has 1 spiro atoms. The summed E-state index contributed by atoms with van der Waals surface area (Å²) in [4.78, 5) is 28.8. The summed E-state index contributed by atoms with van der Waals surface area (Å²) in [5.41, 5.74) is 1.29. The average molecular weight is 396 g/mol. The third kappa shape index (κ3) is 4.48. The first-order valence-electron chi connectivity index (χ1n) is 10.1. The number of carbonyl (C=O) groups excluding carboxylic acids is 2. The molecule has 6 heteroatoms. The molecule has 2 fully saturated rings. The van der Waals surface area contributed by atoms with Gasteiger partial charge in [0.25, 0.3) is 5.91 Å². The SMILES string of the molecule is O=C(CCc1ccc(F)cc1)N1CCCC2(C1)CN(c1ccccc1)C(=O)CO2. The van der Waals surface area contributed by atoms with Gasteiger partial charge in [-0.1, -0.05) is 30.3 Å². The summed E-state index contributed by atoms with van der Waals surface area (Å²) in [5.74, 6) is -0.258. The predicted molar refractivity (Wildman–Crippen MR) is 108 cm³/mol. The third-order valence-electron chi connectivity index (χ3n) is 5.75. The van der Waals surface area contributed by atoms with Gasteiger partial charge >= 0.3 is 0 Å². The molecule has 2 aliphatic rings. The van der Waals surface area contributed by atoms with Crippen LogP contribution in [0.4, 0.5) is 10.1 Å². The van der Waals surface area contributed by atoms with Crippen molar-refractivity contribution in [1.29, 1.82) is 0 Å². The van der Waals surface area contributed by atoms with Gasteiger partial charge in [-0.25, -0.2) is 4.39 Å². The van der Waals surface area contributed by atoms with Crippen molar-refractivity contribution in [2.45, 2.75) is 31.3 Å². The van der Waals surface area contributed by atoms with Crippen LogP contribution < -0.4 is 4.90 Å². The second kappa shape index (κ2) is 8.33. The molecule has 1 atom stereocenters. The molecule has 2 aromatic carbocycles. The molecule has 2 aromatic rings. The quantitative estimate of drug-likeness (QED) is 0.798. The number of halogens is 1. The molecule has 0 N–H and O–H groups in total. The molecule has 5 nitrogen and oxygen atoms in total. The van der Waals surface area contributed by atoms with Crippen LogP contribution in [-0.4, -0.2) is 48.6 Å². The Morgan fingerprint density at radius 3 is 2.59 bits per heavy atom. The number of morpholine rings is 1. The van der Waals surface area contributed by atoms with Gasteiger partial charge in [0.05, 0.1) is 13.1 Å². The van der Waals surface area contributed by atoms with Crippen molar-refractivity contribution in [2.24, 2.45) is 0 Å². The number of carbonyl (C=O) groups is 2. The van der Waals surface area contributed by atoms with Gasteiger partial charge < -0.3 is 14.5 Å². The highest BCUT2D eigenvalue weighted by Crippen LogP contribution is 2.32. The van der Waals surface area contributed by atoms with Gasteiger partial charge in [0, 0.05) is 18.7 Å². The number of nitrogens with zero attached hydrogens (tertiary/aromatic N) is 2. The molecular formula is C23H25FN2O3.